The zero-order valence-electron chi connectivity index (χ0n) is 12.2. The molecule has 0 aromatic rings. The lowest BCUT2D eigenvalue weighted by molar-refractivity contribution is 0.109. The van der Waals surface area contributed by atoms with Gasteiger partial charge in [-0.3, -0.25) is 0 Å². The first-order chi connectivity index (χ1) is 7.90. The van der Waals surface area contributed by atoms with Gasteiger partial charge in [0.05, 0.1) is 0 Å². The Kier molecular flexibility index (Phi) is 3.85. The molecule has 0 spiro atoms. The third kappa shape index (κ3) is 2.40. The van der Waals surface area contributed by atoms with E-state index in [0.717, 1.165) is 17.2 Å². The van der Waals surface area contributed by atoms with Crippen LogP contribution < -0.4 is 5.32 Å². The molecule has 0 amide bonds. The summed E-state index contributed by atoms with van der Waals surface area (Å²) in [5.41, 5.74) is 1.09. The summed E-state index contributed by atoms with van der Waals surface area (Å²) in [5, 5.41) is 4.68. The fourth-order valence-corrected chi connectivity index (χ4v) is 4.71. The summed E-state index contributed by atoms with van der Waals surface area (Å²) < 4.78 is 0. The highest BCUT2D eigenvalue weighted by atomic mass is 32.2. The normalized spacial score (nSPS) is 40.8. The minimum absolute atomic E-state index is 0.510. The monoisotopic (exact) mass is 255 g/mol. The van der Waals surface area contributed by atoms with Crippen molar-refractivity contribution < 1.29 is 0 Å². The molecule has 1 N–H and O–H groups in total. The highest BCUT2D eigenvalue weighted by Crippen LogP contribution is 2.62. The lowest BCUT2D eigenvalue weighted by atomic mass is 9.68. The predicted octanol–water partition coefficient (Wildman–Crippen LogP) is 3.93. The van der Waals surface area contributed by atoms with Crippen LogP contribution in [0.3, 0.4) is 0 Å². The van der Waals surface area contributed by atoms with Crippen LogP contribution in [0.2, 0.25) is 0 Å². The third-order valence-electron chi connectivity index (χ3n) is 5.57. The number of hydrogen-bond acceptors (Lipinski definition) is 2. The first kappa shape index (κ1) is 13.7. The molecule has 1 nitrogen and oxygen atoms in total. The molecule has 0 saturated heterocycles. The van der Waals surface area contributed by atoms with Gasteiger partial charge in [0.15, 0.2) is 0 Å². The van der Waals surface area contributed by atoms with Gasteiger partial charge in [0, 0.05) is 11.3 Å². The maximum absolute atomic E-state index is 3.90. The number of rotatable bonds is 5. The van der Waals surface area contributed by atoms with Gasteiger partial charge < -0.3 is 5.32 Å². The van der Waals surface area contributed by atoms with Gasteiger partial charge in [0.25, 0.3) is 0 Å². The molecule has 2 fully saturated rings. The molecule has 4 atom stereocenters. The van der Waals surface area contributed by atoms with Crippen LogP contribution in [0.5, 0.6) is 0 Å². The second-order valence-corrected chi connectivity index (χ2v) is 8.41. The minimum Gasteiger partial charge on any atom is -0.313 e. The van der Waals surface area contributed by atoms with Crippen LogP contribution in [0.1, 0.15) is 53.4 Å². The summed E-state index contributed by atoms with van der Waals surface area (Å²) in [6.07, 6.45) is 7.87. The molecule has 2 heteroatoms. The van der Waals surface area contributed by atoms with Crippen molar-refractivity contribution in [2.75, 3.05) is 12.8 Å². The Hall–Kier alpha value is 0.310. The van der Waals surface area contributed by atoms with Crippen LogP contribution in [0, 0.1) is 16.7 Å². The van der Waals surface area contributed by atoms with Gasteiger partial charge in [-0.05, 0) is 55.2 Å². The van der Waals surface area contributed by atoms with Gasteiger partial charge in [0.2, 0.25) is 0 Å². The van der Waals surface area contributed by atoms with E-state index in [4.69, 9.17) is 0 Å². The predicted molar refractivity (Wildman–Crippen MR) is 78.6 cm³/mol. The fourth-order valence-electron chi connectivity index (χ4n) is 4.36. The smallest absolute Gasteiger partial charge is 0.0175 e. The number of nitrogens with one attached hydrogen (secondary N) is 1. The summed E-state index contributed by atoms with van der Waals surface area (Å²) in [7, 11) is 0. The maximum Gasteiger partial charge on any atom is 0.0175 e. The summed E-state index contributed by atoms with van der Waals surface area (Å²) in [6.45, 7) is 11.0. The van der Waals surface area contributed by atoms with Crippen LogP contribution in [0.25, 0.3) is 0 Å². The SMILES string of the molecule is CSC(C)CCNC1C(C)(C)[C@H]2CC[C@]1(C)C2. The van der Waals surface area contributed by atoms with E-state index in [1.165, 1.54) is 32.2 Å². The van der Waals surface area contributed by atoms with E-state index in [0.29, 0.717) is 10.8 Å². The minimum atomic E-state index is 0.510. The molecule has 2 bridgehead atoms. The number of fused-ring (bicyclic) bond motifs is 2. The van der Waals surface area contributed by atoms with Crippen LogP contribution in [-0.2, 0) is 0 Å². The Balaban J connectivity index is 1.91. The van der Waals surface area contributed by atoms with E-state index in [2.05, 4.69) is 39.3 Å². The largest absolute Gasteiger partial charge is 0.313 e. The van der Waals surface area contributed by atoms with Gasteiger partial charge in [-0.2, -0.15) is 11.8 Å². The van der Waals surface area contributed by atoms with E-state index >= 15 is 0 Å². The number of hydrogen-bond donors (Lipinski definition) is 1. The van der Waals surface area contributed by atoms with Crippen molar-refractivity contribution in [3.63, 3.8) is 0 Å². The summed E-state index contributed by atoms with van der Waals surface area (Å²) in [4.78, 5) is 0. The Morgan fingerprint density at radius 1 is 1.35 bits per heavy atom. The lowest BCUT2D eigenvalue weighted by Crippen LogP contribution is -2.50. The second kappa shape index (κ2) is 4.77. The maximum atomic E-state index is 3.90. The first-order valence-corrected chi connectivity index (χ1v) is 8.45. The van der Waals surface area contributed by atoms with Crippen LogP contribution in [-0.4, -0.2) is 24.1 Å². The molecule has 2 unspecified atom stereocenters. The quantitative estimate of drug-likeness (QED) is 0.799. The van der Waals surface area contributed by atoms with Crippen LogP contribution >= 0.6 is 11.8 Å². The van der Waals surface area contributed by atoms with E-state index < -0.39 is 0 Å². The standard InChI is InChI=1S/C15H29NS/c1-11(17-5)7-9-16-13-14(2,3)12-6-8-15(13,4)10-12/h11-13,16H,6-10H2,1-5H3/t11?,12-,13?,15+/m0/s1. The average Bonchev–Trinajstić information content (AvgIpc) is 2.73. The molecule has 2 saturated carbocycles. The Bertz CT molecular complexity index is 271. The zero-order valence-corrected chi connectivity index (χ0v) is 13.0. The summed E-state index contributed by atoms with van der Waals surface area (Å²) >= 11 is 1.98. The molecule has 2 rings (SSSR count). The molecule has 0 heterocycles. The van der Waals surface area contributed by atoms with Gasteiger partial charge in [-0.15, -0.1) is 0 Å². The van der Waals surface area contributed by atoms with E-state index in [9.17, 15) is 0 Å². The van der Waals surface area contributed by atoms with E-state index in [1.54, 1.807) is 0 Å². The highest BCUT2D eigenvalue weighted by Gasteiger charge is 2.58. The molecule has 0 radical (unpaired) electrons. The van der Waals surface area contributed by atoms with Crippen molar-refractivity contribution in [3.05, 3.63) is 0 Å². The van der Waals surface area contributed by atoms with Crippen molar-refractivity contribution in [3.8, 4) is 0 Å². The van der Waals surface area contributed by atoms with Crippen LogP contribution in [0.4, 0.5) is 0 Å². The summed E-state index contributed by atoms with van der Waals surface area (Å²) in [5.74, 6) is 0.961. The van der Waals surface area contributed by atoms with Crippen molar-refractivity contribution in [2.24, 2.45) is 16.7 Å². The van der Waals surface area contributed by atoms with Crippen molar-refractivity contribution in [1.29, 1.82) is 0 Å². The molecule has 100 valence electrons. The van der Waals surface area contributed by atoms with E-state index in [1.807, 2.05) is 11.8 Å². The molecule has 0 aromatic heterocycles. The number of thioether (sulfide) groups is 1. The molecule has 0 aromatic carbocycles. The molecule has 2 aliphatic carbocycles. The molecule has 2 aliphatic rings. The van der Waals surface area contributed by atoms with Gasteiger partial charge in [0.1, 0.15) is 0 Å². The first-order valence-electron chi connectivity index (χ1n) is 7.16. The van der Waals surface area contributed by atoms with Crippen molar-refractivity contribution in [2.45, 2.75) is 64.7 Å². The topological polar surface area (TPSA) is 12.0 Å². The van der Waals surface area contributed by atoms with Crippen molar-refractivity contribution >= 4 is 11.8 Å². The van der Waals surface area contributed by atoms with E-state index in [-0.39, 0.29) is 0 Å². The van der Waals surface area contributed by atoms with Crippen LogP contribution in [0.15, 0.2) is 0 Å². The average molecular weight is 255 g/mol. The molecular formula is C15H29NS. The highest BCUT2D eigenvalue weighted by molar-refractivity contribution is 7.99. The molecule has 0 aliphatic heterocycles. The lowest BCUT2D eigenvalue weighted by Gasteiger charge is -2.43. The third-order valence-corrected chi connectivity index (χ3v) is 6.61. The summed E-state index contributed by atoms with van der Waals surface area (Å²) in [6, 6.07) is 0.739. The molecule has 17 heavy (non-hydrogen) atoms. The Labute approximate surface area is 112 Å². The van der Waals surface area contributed by atoms with Gasteiger partial charge in [-0.1, -0.05) is 27.7 Å². The van der Waals surface area contributed by atoms with Gasteiger partial charge >= 0.3 is 0 Å². The fraction of sp³-hybridized carbons (Fsp3) is 1.00. The zero-order chi connectivity index (χ0) is 12.7. The Morgan fingerprint density at radius 3 is 2.59 bits per heavy atom. The second-order valence-electron chi connectivity index (χ2n) is 7.14. The Morgan fingerprint density at radius 2 is 2.06 bits per heavy atom. The van der Waals surface area contributed by atoms with Crippen molar-refractivity contribution in [1.82, 2.24) is 5.32 Å². The molecular weight excluding hydrogens is 226 g/mol. The van der Waals surface area contributed by atoms with Gasteiger partial charge in [-0.25, -0.2) is 0 Å².